The van der Waals surface area contributed by atoms with E-state index in [1.165, 1.54) is 11.8 Å². The molecule has 2 aromatic rings. The van der Waals surface area contributed by atoms with Crippen LogP contribution in [-0.4, -0.2) is 51.0 Å². The van der Waals surface area contributed by atoms with Crippen LogP contribution in [-0.2, 0) is 11.3 Å². The minimum Gasteiger partial charge on any atom is -0.497 e. The quantitative estimate of drug-likeness (QED) is 0.579. The lowest BCUT2D eigenvalue weighted by Gasteiger charge is -2.09. The number of hydrogen-bond acceptors (Lipinski definition) is 7. The molecule has 7 nitrogen and oxygen atoms in total. The second-order valence-electron chi connectivity index (χ2n) is 5.31. The zero-order chi connectivity index (χ0) is 18.4. The minimum absolute atomic E-state index is 0.0979. The number of allylic oxidation sites excluding steroid dienone is 1. The average molecular weight is 390 g/mol. The Morgan fingerprint density at radius 3 is 3.12 bits per heavy atom. The van der Waals surface area contributed by atoms with Gasteiger partial charge in [-0.25, -0.2) is 0 Å². The molecule has 1 aliphatic rings. The zero-order valence-electron chi connectivity index (χ0n) is 14.3. The van der Waals surface area contributed by atoms with Crippen LogP contribution in [0.25, 0.3) is 11.4 Å². The molecule has 1 aromatic carbocycles. The van der Waals surface area contributed by atoms with E-state index in [1.807, 2.05) is 28.8 Å². The summed E-state index contributed by atoms with van der Waals surface area (Å²) in [6, 6.07) is 7.63. The number of aliphatic imine (C=N–C) groups is 1. The van der Waals surface area contributed by atoms with E-state index >= 15 is 0 Å². The summed E-state index contributed by atoms with van der Waals surface area (Å²) in [7, 11) is 1.63. The molecule has 9 heteroatoms. The topological polar surface area (TPSA) is 81.4 Å². The Bertz CT molecular complexity index is 834. The lowest BCUT2D eigenvalue weighted by atomic mass is 10.2. The second-order valence-corrected chi connectivity index (χ2v) is 7.34. The molecule has 0 bridgehead atoms. The highest BCUT2D eigenvalue weighted by atomic mass is 32.2. The summed E-state index contributed by atoms with van der Waals surface area (Å²) < 4.78 is 7.21. The van der Waals surface area contributed by atoms with Gasteiger partial charge in [0.25, 0.3) is 0 Å². The highest BCUT2D eigenvalue weighted by Crippen LogP contribution is 2.26. The van der Waals surface area contributed by atoms with Crippen molar-refractivity contribution in [1.82, 2.24) is 20.1 Å². The Morgan fingerprint density at radius 2 is 2.38 bits per heavy atom. The fourth-order valence-electron chi connectivity index (χ4n) is 2.36. The molecule has 0 fully saturated rings. The number of nitrogens with zero attached hydrogens (tertiary/aromatic N) is 4. The van der Waals surface area contributed by atoms with Crippen molar-refractivity contribution in [2.24, 2.45) is 4.99 Å². The third kappa shape index (κ3) is 4.47. The maximum absolute atomic E-state index is 12.1. The van der Waals surface area contributed by atoms with E-state index in [2.05, 4.69) is 27.1 Å². The molecule has 0 atom stereocenters. The van der Waals surface area contributed by atoms with E-state index in [-0.39, 0.29) is 11.7 Å². The highest BCUT2D eigenvalue weighted by Gasteiger charge is 2.16. The summed E-state index contributed by atoms with van der Waals surface area (Å²) >= 11 is 2.90. The summed E-state index contributed by atoms with van der Waals surface area (Å²) in [5.41, 5.74) is 0.895. The molecule has 0 unspecified atom stereocenters. The van der Waals surface area contributed by atoms with E-state index < -0.39 is 0 Å². The van der Waals surface area contributed by atoms with Crippen LogP contribution in [0.2, 0.25) is 0 Å². The van der Waals surface area contributed by atoms with Crippen molar-refractivity contribution in [3.63, 3.8) is 0 Å². The maximum Gasteiger partial charge on any atom is 0.236 e. The number of methoxy groups -OCH3 is 1. The van der Waals surface area contributed by atoms with Gasteiger partial charge in [-0.3, -0.25) is 14.4 Å². The average Bonchev–Trinajstić information content (AvgIpc) is 3.30. The Hall–Kier alpha value is -2.26. The number of thioether (sulfide) groups is 2. The van der Waals surface area contributed by atoms with Gasteiger partial charge in [-0.15, -0.1) is 16.8 Å². The third-order valence-electron chi connectivity index (χ3n) is 3.52. The first-order valence-corrected chi connectivity index (χ1v) is 9.97. The number of rotatable bonds is 7. The Balaban J connectivity index is 1.74. The number of carbonyl (C=O) groups excluding carboxylic acids is 1. The molecule has 26 heavy (non-hydrogen) atoms. The van der Waals surface area contributed by atoms with E-state index in [1.54, 1.807) is 24.9 Å². The minimum atomic E-state index is -0.0979. The van der Waals surface area contributed by atoms with Crippen LogP contribution >= 0.6 is 23.5 Å². The van der Waals surface area contributed by atoms with Crippen LogP contribution in [0.3, 0.4) is 0 Å². The van der Waals surface area contributed by atoms with Crippen LogP contribution in [0.1, 0.15) is 0 Å². The van der Waals surface area contributed by atoms with Crippen molar-refractivity contribution in [2.45, 2.75) is 11.7 Å². The molecule has 136 valence electrons. The summed E-state index contributed by atoms with van der Waals surface area (Å²) in [6.07, 6.45) is 1.78. The predicted molar refractivity (Wildman–Crippen MR) is 106 cm³/mol. The normalized spacial score (nSPS) is 13.3. The van der Waals surface area contributed by atoms with Crippen molar-refractivity contribution < 1.29 is 9.53 Å². The fourth-order valence-corrected chi connectivity index (χ4v) is 3.85. The molecule has 1 amide bonds. The molecular weight excluding hydrogens is 370 g/mol. The van der Waals surface area contributed by atoms with E-state index in [0.29, 0.717) is 22.7 Å². The van der Waals surface area contributed by atoms with Crippen molar-refractivity contribution in [3.05, 3.63) is 36.9 Å². The first-order chi connectivity index (χ1) is 12.7. The lowest BCUT2D eigenvalue weighted by Crippen LogP contribution is -2.29. The number of amides is 1. The number of hydrogen-bond donors (Lipinski definition) is 1. The van der Waals surface area contributed by atoms with Crippen LogP contribution in [0.15, 0.2) is 47.1 Å². The van der Waals surface area contributed by atoms with Gasteiger partial charge in [-0.1, -0.05) is 41.7 Å². The van der Waals surface area contributed by atoms with Crippen molar-refractivity contribution >= 4 is 34.6 Å². The largest absolute Gasteiger partial charge is 0.497 e. The molecule has 0 aliphatic carbocycles. The Morgan fingerprint density at radius 1 is 1.50 bits per heavy atom. The Kier molecular flexibility index (Phi) is 6.35. The first kappa shape index (κ1) is 18.5. The van der Waals surface area contributed by atoms with Gasteiger partial charge in [0.05, 0.1) is 19.4 Å². The lowest BCUT2D eigenvalue weighted by molar-refractivity contribution is -0.117. The molecule has 0 saturated carbocycles. The molecule has 1 N–H and O–H groups in total. The second kappa shape index (κ2) is 8.91. The van der Waals surface area contributed by atoms with Gasteiger partial charge in [0, 0.05) is 17.9 Å². The van der Waals surface area contributed by atoms with Crippen LogP contribution < -0.4 is 10.1 Å². The standard InChI is InChI=1S/C17H19N5O2S2/c1-3-8-22-15(12-5-4-6-13(10-12)24-2)20-21-17(22)26-11-14(23)19-16-18-7-9-25-16/h3-6,10H,1,7-9,11H2,2H3,(H,18,19,23). The molecular formula is C17H19N5O2S2. The van der Waals surface area contributed by atoms with Crippen LogP contribution in [0.5, 0.6) is 5.75 Å². The third-order valence-corrected chi connectivity index (χ3v) is 5.38. The van der Waals surface area contributed by atoms with Gasteiger partial charge in [-0.05, 0) is 12.1 Å². The molecule has 0 spiro atoms. The van der Waals surface area contributed by atoms with Crippen LogP contribution in [0, 0.1) is 0 Å². The van der Waals surface area contributed by atoms with Crippen molar-refractivity contribution in [1.29, 1.82) is 0 Å². The first-order valence-electron chi connectivity index (χ1n) is 7.99. The van der Waals surface area contributed by atoms with E-state index in [4.69, 9.17) is 4.74 Å². The SMILES string of the molecule is C=CCn1c(SCC(=O)NC2=NCCS2)nnc1-c1cccc(OC)c1. The number of carbonyl (C=O) groups is 1. The van der Waals surface area contributed by atoms with Gasteiger partial charge in [0.1, 0.15) is 5.75 Å². The fraction of sp³-hybridized carbons (Fsp3) is 0.294. The summed E-state index contributed by atoms with van der Waals surface area (Å²) in [4.78, 5) is 16.3. The predicted octanol–water partition coefficient (Wildman–Crippen LogP) is 2.45. The van der Waals surface area contributed by atoms with Gasteiger partial charge in [0.2, 0.25) is 5.91 Å². The van der Waals surface area contributed by atoms with Crippen molar-refractivity contribution in [3.8, 4) is 17.1 Å². The summed E-state index contributed by atoms with van der Waals surface area (Å²) in [5, 5.41) is 12.7. The van der Waals surface area contributed by atoms with Gasteiger partial charge in [0.15, 0.2) is 16.1 Å². The monoisotopic (exact) mass is 389 g/mol. The van der Waals surface area contributed by atoms with Crippen LogP contribution in [0.4, 0.5) is 0 Å². The number of benzene rings is 1. The zero-order valence-corrected chi connectivity index (χ0v) is 16.0. The highest BCUT2D eigenvalue weighted by molar-refractivity contribution is 8.14. The van der Waals surface area contributed by atoms with E-state index in [0.717, 1.165) is 23.6 Å². The number of aromatic nitrogens is 3. The number of ether oxygens (including phenoxy) is 1. The molecule has 0 saturated heterocycles. The van der Waals surface area contributed by atoms with E-state index in [9.17, 15) is 4.79 Å². The molecule has 1 aliphatic heterocycles. The molecule has 2 heterocycles. The summed E-state index contributed by atoms with van der Waals surface area (Å²) in [5.74, 6) is 2.52. The number of nitrogens with one attached hydrogen (secondary N) is 1. The van der Waals surface area contributed by atoms with Gasteiger partial charge < -0.3 is 10.1 Å². The van der Waals surface area contributed by atoms with Gasteiger partial charge >= 0.3 is 0 Å². The molecule has 1 aromatic heterocycles. The molecule has 0 radical (unpaired) electrons. The number of amidine groups is 1. The Labute approximate surface area is 160 Å². The maximum atomic E-state index is 12.1. The molecule has 3 rings (SSSR count). The van der Waals surface area contributed by atoms with Gasteiger partial charge in [-0.2, -0.15) is 0 Å². The summed E-state index contributed by atoms with van der Waals surface area (Å²) in [6.45, 7) is 5.10. The van der Waals surface area contributed by atoms with Crippen molar-refractivity contribution in [2.75, 3.05) is 25.2 Å². The smallest absolute Gasteiger partial charge is 0.236 e.